The third-order valence-electron chi connectivity index (χ3n) is 6.57. The molecule has 1 aliphatic carbocycles. The molecule has 1 N–H and O–H groups in total. The molecule has 4 rings (SSSR count). The van der Waals surface area contributed by atoms with Crippen LogP contribution >= 0.6 is 15.9 Å². The molecule has 3 aromatic rings. The van der Waals surface area contributed by atoms with Gasteiger partial charge in [0, 0.05) is 23.5 Å². The molecule has 0 aromatic heterocycles. The van der Waals surface area contributed by atoms with Gasteiger partial charge in [-0.3, -0.25) is 9.59 Å². The largest absolute Gasteiger partial charge is 0.484 e. The SMILES string of the molecule is O=C(NC1CCCCC1)[C@H](Cc1ccccc1)N(Cc1cccc(Br)c1)C(=O)COc1ccccc1. The number of carbonyl (C=O) groups is 2. The van der Waals surface area contributed by atoms with Gasteiger partial charge >= 0.3 is 0 Å². The Morgan fingerprint density at radius 2 is 1.56 bits per heavy atom. The topological polar surface area (TPSA) is 58.6 Å². The van der Waals surface area contributed by atoms with Crippen molar-refractivity contribution in [2.24, 2.45) is 0 Å². The molecule has 0 heterocycles. The molecule has 6 heteroatoms. The highest BCUT2D eigenvalue weighted by molar-refractivity contribution is 9.10. The van der Waals surface area contributed by atoms with Crippen LogP contribution in [0.5, 0.6) is 5.75 Å². The second-order valence-electron chi connectivity index (χ2n) is 9.30. The summed E-state index contributed by atoms with van der Waals surface area (Å²) >= 11 is 3.53. The molecule has 188 valence electrons. The van der Waals surface area contributed by atoms with Gasteiger partial charge in [-0.15, -0.1) is 0 Å². The fraction of sp³-hybridized carbons (Fsp3) is 0.333. The molecule has 1 saturated carbocycles. The Morgan fingerprint density at radius 3 is 2.25 bits per heavy atom. The van der Waals surface area contributed by atoms with E-state index in [1.807, 2.05) is 84.9 Å². The standard InChI is InChI=1S/C30H33BrN2O3/c31-25-14-10-13-24(19-25)21-33(29(34)22-36-27-17-8-3-9-18-27)28(20-23-11-4-1-5-12-23)30(35)32-26-15-6-2-7-16-26/h1,3-5,8-14,17-19,26,28H,2,6-7,15-16,20-22H2,(H,32,35)/t28-/m0/s1. The zero-order valence-electron chi connectivity index (χ0n) is 20.4. The van der Waals surface area contributed by atoms with Gasteiger partial charge in [0.1, 0.15) is 11.8 Å². The molecule has 0 saturated heterocycles. The minimum Gasteiger partial charge on any atom is -0.484 e. The predicted molar refractivity (Wildman–Crippen MR) is 146 cm³/mol. The Morgan fingerprint density at radius 1 is 0.889 bits per heavy atom. The Bertz CT molecular complexity index is 1120. The van der Waals surface area contributed by atoms with E-state index in [9.17, 15) is 9.59 Å². The smallest absolute Gasteiger partial charge is 0.261 e. The number of amides is 2. The number of para-hydroxylation sites is 1. The van der Waals surface area contributed by atoms with Gasteiger partial charge in [-0.2, -0.15) is 0 Å². The fourth-order valence-corrected chi connectivity index (χ4v) is 5.12. The van der Waals surface area contributed by atoms with Crippen molar-refractivity contribution < 1.29 is 14.3 Å². The highest BCUT2D eigenvalue weighted by atomic mass is 79.9. The Hall–Kier alpha value is -3.12. The van der Waals surface area contributed by atoms with Crippen molar-refractivity contribution in [1.82, 2.24) is 10.2 Å². The van der Waals surface area contributed by atoms with Crippen LogP contribution in [-0.4, -0.2) is 35.4 Å². The third-order valence-corrected chi connectivity index (χ3v) is 7.06. The summed E-state index contributed by atoms with van der Waals surface area (Å²) in [5, 5.41) is 3.26. The number of halogens is 1. The lowest BCUT2D eigenvalue weighted by molar-refractivity contribution is -0.143. The monoisotopic (exact) mass is 548 g/mol. The lowest BCUT2D eigenvalue weighted by Crippen LogP contribution is -2.53. The normalized spacial score (nSPS) is 14.6. The van der Waals surface area contributed by atoms with E-state index in [0.717, 1.165) is 41.3 Å². The maximum Gasteiger partial charge on any atom is 0.261 e. The van der Waals surface area contributed by atoms with Crippen LogP contribution in [0.4, 0.5) is 0 Å². The number of carbonyl (C=O) groups excluding carboxylic acids is 2. The third kappa shape index (κ3) is 7.69. The van der Waals surface area contributed by atoms with E-state index in [0.29, 0.717) is 18.7 Å². The fourth-order valence-electron chi connectivity index (χ4n) is 4.67. The van der Waals surface area contributed by atoms with E-state index in [4.69, 9.17) is 4.74 Å². The van der Waals surface area contributed by atoms with Crippen LogP contribution < -0.4 is 10.1 Å². The van der Waals surface area contributed by atoms with E-state index in [1.165, 1.54) is 6.42 Å². The maximum absolute atomic E-state index is 13.7. The summed E-state index contributed by atoms with van der Waals surface area (Å²) in [5.74, 6) is 0.298. The number of benzene rings is 3. The second kappa shape index (κ2) is 13.3. The van der Waals surface area contributed by atoms with Crippen LogP contribution in [0.3, 0.4) is 0 Å². The lowest BCUT2D eigenvalue weighted by Gasteiger charge is -2.33. The molecule has 2 amide bonds. The van der Waals surface area contributed by atoms with Crippen molar-refractivity contribution in [3.05, 3.63) is 101 Å². The van der Waals surface area contributed by atoms with E-state index in [1.54, 1.807) is 4.90 Å². The van der Waals surface area contributed by atoms with Crippen LogP contribution in [0.25, 0.3) is 0 Å². The molecule has 3 aromatic carbocycles. The summed E-state index contributed by atoms with van der Waals surface area (Å²) in [6.07, 6.45) is 5.87. The van der Waals surface area contributed by atoms with Gasteiger partial charge in [0.2, 0.25) is 5.91 Å². The number of rotatable bonds is 10. The summed E-state index contributed by atoms with van der Waals surface area (Å²) in [6, 6.07) is 26.5. The molecule has 0 aliphatic heterocycles. The Kier molecular flexibility index (Phi) is 9.56. The summed E-state index contributed by atoms with van der Waals surface area (Å²) in [4.78, 5) is 29.1. The molecule has 0 unspecified atom stereocenters. The van der Waals surface area contributed by atoms with Crippen molar-refractivity contribution in [2.75, 3.05) is 6.61 Å². The average Bonchev–Trinajstić information content (AvgIpc) is 2.91. The molecule has 0 spiro atoms. The molecule has 0 bridgehead atoms. The van der Waals surface area contributed by atoms with Crippen molar-refractivity contribution in [3.8, 4) is 5.75 Å². The van der Waals surface area contributed by atoms with E-state index >= 15 is 0 Å². The van der Waals surface area contributed by atoms with Crippen molar-refractivity contribution in [3.63, 3.8) is 0 Å². The van der Waals surface area contributed by atoms with Crippen molar-refractivity contribution in [2.45, 2.75) is 57.2 Å². The highest BCUT2D eigenvalue weighted by Gasteiger charge is 2.32. The van der Waals surface area contributed by atoms with Gasteiger partial charge < -0.3 is 15.0 Å². The first-order valence-corrected chi connectivity index (χ1v) is 13.4. The number of nitrogens with one attached hydrogen (secondary N) is 1. The summed E-state index contributed by atoms with van der Waals surface area (Å²) in [7, 11) is 0. The van der Waals surface area contributed by atoms with Crippen LogP contribution in [0.15, 0.2) is 89.4 Å². The van der Waals surface area contributed by atoms with Crippen LogP contribution in [0, 0.1) is 0 Å². The second-order valence-corrected chi connectivity index (χ2v) is 10.2. The average molecular weight is 550 g/mol. The molecule has 1 fully saturated rings. The van der Waals surface area contributed by atoms with E-state index < -0.39 is 6.04 Å². The number of hydrogen-bond acceptors (Lipinski definition) is 3. The molecule has 0 radical (unpaired) electrons. The molecule has 1 atom stereocenters. The van der Waals surface area contributed by atoms with Crippen LogP contribution in [0.2, 0.25) is 0 Å². The lowest BCUT2D eigenvalue weighted by atomic mass is 9.94. The van der Waals surface area contributed by atoms with E-state index in [2.05, 4.69) is 21.2 Å². The zero-order chi connectivity index (χ0) is 25.2. The van der Waals surface area contributed by atoms with Crippen LogP contribution in [-0.2, 0) is 22.6 Å². The highest BCUT2D eigenvalue weighted by Crippen LogP contribution is 2.21. The van der Waals surface area contributed by atoms with Gasteiger partial charge in [-0.1, -0.05) is 95.9 Å². The molecular formula is C30H33BrN2O3. The predicted octanol–water partition coefficient (Wildman–Crippen LogP) is 5.92. The molecular weight excluding hydrogens is 516 g/mol. The first-order chi connectivity index (χ1) is 17.6. The summed E-state index contributed by atoms with van der Waals surface area (Å²) in [6.45, 7) is 0.173. The minimum absolute atomic E-state index is 0.103. The summed E-state index contributed by atoms with van der Waals surface area (Å²) in [5.41, 5.74) is 1.96. The molecule has 36 heavy (non-hydrogen) atoms. The first kappa shape index (κ1) is 26.0. The quantitative estimate of drug-likeness (QED) is 0.342. The Labute approximate surface area is 222 Å². The number of ether oxygens (including phenoxy) is 1. The molecule has 1 aliphatic rings. The minimum atomic E-state index is -0.653. The van der Waals surface area contributed by atoms with E-state index in [-0.39, 0.29) is 24.5 Å². The van der Waals surface area contributed by atoms with Gasteiger partial charge in [0.15, 0.2) is 6.61 Å². The molecule has 5 nitrogen and oxygen atoms in total. The first-order valence-electron chi connectivity index (χ1n) is 12.6. The number of hydrogen-bond donors (Lipinski definition) is 1. The van der Waals surface area contributed by atoms with Gasteiger partial charge in [-0.05, 0) is 48.2 Å². The Balaban J connectivity index is 1.60. The zero-order valence-corrected chi connectivity index (χ0v) is 22.0. The van der Waals surface area contributed by atoms with Crippen LogP contribution in [0.1, 0.15) is 43.2 Å². The van der Waals surface area contributed by atoms with Gasteiger partial charge in [0.05, 0.1) is 0 Å². The maximum atomic E-state index is 13.7. The summed E-state index contributed by atoms with van der Waals surface area (Å²) < 4.78 is 6.74. The van der Waals surface area contributed by atoms with Crippen molar-refractivity contribution in [1.29, 1.82) is 0 Å². The number of nitrogens with zero attached hydrogens (tertiary/aromatic N) is 1. The van der Waals surface area contributed by atoms with Gasteiger partial charge in [-0.25, -0.2) is 0 Å². The van der Waals surface area contributed by atoms with Crippen molar-refractivity contribution >= 4 is 27.7 Å². The van der Waals surface area contributed by atoms with Gasteiger partial charge in [0.25, 0.3) is 5.91 Å².